The van der Waals surface area contributed by atoms with Crippen LogP contribution in [0.2, 0.25) is 0 Å². The molecule has 0 heterocycles. The first-order chi connectivity index (χ1) is 21.7. The Morgan fingerprint density at radius 1 is 0.957 bits per heavy atom. The van der Waals surface area contributed by atoms with E-state index in [0.29, 0.717) is 30.6 Å². The van der Waals surface area contributed by atoms with Crippen LogP contribution >= 0.6 is 0 Å². The minimum atomic E-state index is -4.36. The van der Waals surface area contributed by atoms with E-state index in [1.165, 1.54) is 11.1 Å². The summed E-state index contributed by atoms with van der Waals surface area (Å²) >= 11 is 0. The fourth-order valence-electron chi connectivity index (χ4n) is 13.6. The van der Waals surface area contributed by atoms with Gasteiger partial charge in [-0.05, 0) is 153 Å². The Morgan fingerprint density at radius 3 is 2.23 bits per heavy atom. The Kier molecular flexibility index (Phi) is 8.40. The number of allylic oxidation sites excluding steroid dienone is 5. The summed E-state index contributed by atoms with van der Waals surface area (Å²) in [5, 5.41) is 13.0. The molecule has 0 saturated heterocycles. The molecule has 4 fully saturated rings. The number of nitrogens with one attached hydrogen (secondary N) is 1. The standard InChI is InChI=1S/C40H61F3N2O2/c1-24(2)26-13-20-39(45-31(23-44)40(41,42)43)22-21-37(7)28(32(26)39)9-10-30-36(6)18-14-27(25-11-16-35(5,17-12-25)33(46)47)34(3,4)29(36)15-19-38(30,37)8/h11,14,26,28-32,45H,1,9-10,12-13,15-23,44H2,2-8H3,(H,46,47)/t26-,28+,29-,30+,31?,32+,35-,36-,37+,38+,39-/m0/s1. The van der Waals surface area contributed by atoms with Crippen LogP contribution in [-0.2, 0) is 4.79 Å². The molecule has 47 heavy (non-hydrogen) atoms. The molecule has 1 unspecified atom stereocenters. The fraction of sp³-hybridized carbons (Fsp3) is 0.825. The van der Waals surface area contributed by atoms with Crippen molar-refractivity contribution in [3.63, 3.8) is 0 Å². The lowest BCUT2D eigenvalue weighted by Crippen LogP contribution is -2.69. The molecule has 7 heteroatoms. The molecule has 0 bridgehead atoms. The molecule has 4 N–H and O–H groups in total. The first-order valence-corrected chi connectivity index (χ1v) is 18.5. The van der Waals surface area contributed by atoms with E-state index in [2.05, 4.69) is 65.6 Å². The fourth-order valence-corrected chi connectivity index (χ4v) is 13.6. The topological polar surface area (TPSA) is 75.3 Å². The minimum Gasteiger partial charge on any atom is -0.481 e. The molecule has 0 aromatic rings. The molecule has 11 atom stereocenters. The molecule has 6 rings (SSSR count). The zero-order chi connectivity index (χ0) is 34.6. The van der Waals surface area contributed by atoms with Gasteiger partial charge < -0.3 is 10.8 Å². The van der Waals surface area contributed by atoms with E-state index >= 15 is 0 Å². The average molecular weight is 659 g/mol. The quantitative estimate of drug-likeness (QED) is 0.249. The summed E-state index contributed by atoms with van der Waals surface area (Å²) in [5.41, 5.74) is 8.73. The van der Waals surface area contributed by atoms with E-state index in [-0.39, 0.29) is 33.5 Å². The Morgan fingerprint density at radius 2 is 1.66 bits per heavy atom. The van der Waals surface area contributed by atoms with Gasteiger partial charge in [-0.1, -0.05) is 58.9 Å². The number of aliphatic carboxylic acids is 1. The molecule has 0 spiro atoms. The molecule has 0 amide bonds. The van der Waals surface area contributed by atoms with Crippen LogP contribution in [0.25, 0.3) is 0 Å². The highest BCUT2D eigenvalue weighted by molar-refractivity contribution is 5.75. The molecular weight excluding hydrogens is 597 g/mol. The van der Waals surface area contributed by atoms with Crippen LogP contribution in [0.5, 0.6) is 0 Å². The Bertz CT molecular complexity index is 1370. The third-order valence-electron chi connectivity index (χ3n) is 16.3. The molecule has 6 aliphatic rings. The molecule has 6 aliphatic carbocycles. The van der Waals surface area contributed by atoms with Gasteiger partial charge in [-0.25, -0.2) is 0 Å². The van der Waals surface area contributed by atoms with Gasteiger partial charge in [-0.15, -0.1) is 0 Å². The molecule has 264 valence electrons. The number of carboxylic acid groups (broad SMARTS) is 1. The number of rotatable bonds is 6. The van der Waals surface area contributed by atoms with E-state index in [0.717, 1.165) is 69.8 Å². The molecule has 0 aromatic carbocycles. The number of halogens is 3. The second kappa shape index (κ2) is 11.2. The molecule has 0 aromatic heterocycles. The maximum Gasteiger partial charge on any atom is 0.405 e. The van der Waals surface area contributed by atoms with Crippen molar-refractivity contribution in [2.45, 2.75) is 143 Å². The Labute approximate surface area is 281 Å². The van der Waals surface area contributed by atoms with Crippen molar-refractivity contribution >= 4 is 5.97 Å². The second-order valence-electron chi connectivity index (χ2n) is 18.7. The number of alkyl halides is 3. The first kappa shape index (κ1) is 35.2. The normalized spacial score (nSPS) is 46.6. The predicted octanol–water partition coefficient (Wildman–Crippen LogP) is 9.61. The summed E-state index contributed by atoms with van der Waals surface area (Å²) in [5.74, 6) is 1.09. The summed E-state index contributed by atoms with van der Waals surface area (Å²) in [6.07, 6.45) is 11.4. The van der Waals surface area contributed by atoms with Gasteiger partial charge in [0, 0.05) is 12.1 Å². The van der Waals surface area contributed by atoms with Crippen molar-refractivity contribution in [2.24, 2.45) is 62.4 Å². The Hall–Kier alpha value is -1.60. The zero-order valence-electron chi connectivity index (χ0n) is 30.1. The van der Waals surface area contributed by atoms with Crippen molar-refractivity contribution in [1.82, 2.24) is 5.32 Å². The maximum atomic E-state index is 14.2. The zero-order valence-corrected chi connectivity index (χ0v) is 30.1. The van der Waals surface area contributed by atoms with Gasteiger partial charge >= 0.3 is 12.1 Å². The smallest absolute Gasteiger partial charge is 0.405 e. The van der Waals surface area contributed by atoms with E-state index in [9.17, 15) is 23.1 Å². The summed E-state index contributed by atoms with van der Waals surface area (Å²) in [7, 11) is 0. The molecule has 4 nitrogen and oxygen atoms in total. The second-order valence-corrected chi connectivity index (χ2v) is 18.7. The van der Waals surface area contributed by atoms with Crippen LogP contribution in [-0.4, -0.2) is 35.4 Å². The molecule has 4 saturated carbocycles. The number of hydrogen-bond donors (Lipinski definition) is 3. The van der Waals surface area contributed by atoms with Crippen LogP contribution in [0.1, 0.15) is 126 Å². The molecular formula is C40H61F3N2O2. The highest BCUT2D eigenvalue weighted by Crippen LogP contribution is 2.76. The van der Waals surface area contributed by atoms with Crippen LogP contribution in [0.4, 0.5) is 13.2 Å². The van der Waals surface area contributed by atoms with Crippen molar-refractivity contribution in [3.05, 3.63) is 35.5 Å². The lowest BCUT2D eigenvalue weighted by Gasteiger charge is -2.72. The lowest BCUT2D eigenvalue weighted by atomic mass is 9.33. The van der Waals surface area contributed by atoms with Crippen LogP contribution in [0, 0.1) is 56.7 Å². The van der Waals surface area contributed by atoms with Gasteiger partial charge in [0.05, 0.1) is 5.41 Å². The number of hydrogen-bond acceptors (Lipinski definition) is 3. The summed E-state index contributed by atoms with van der Waals surface area (Å²) in [6.45, 7) is 20.5. The largest absolute Gasteiger partial charge is 0.481 e. The summed E-state index contributed by atoms with van der Waals surface area (Å²) in [6, 6.07) is -1.68. The lowest BCUT2D eigenvalue weighted by molar-refractivity contribution is -0.225. The van der Waals surface area contributed by atoms with Crippen LogP contribution in [0.3, 0.4) is 0 Å². The summed E-state index contributed by atoms with van der Waals surface area (Å²) < 4.78 is 42.5. The predicted molar refractivity (Wildman–Crippen MR) is 182 cm³/mol. The Balaban J connectivity index is 1.33. The van der Waals surface area contributed by atoms with Crippen molar-refractivity contribution in [3.8, 4) is 0 Å². The monoisotopic (exact) mass is 658 g/mol. The minimum absolute atomic E-state index is 0.00808. The SMILES string of the molecule is C=C(C)[C@@H]1CC[C@]2(NC(CN)C(F)(F)F)CC[C@]3(C)[C@H](CC[C@@H]4[C@@]5(C)CC=C(C6=CC[C@](C)(C(=O)O)CC6)C(C)(C)[C@@H]5CC[C@]43C)[C@@H]12. The van der Waals surface area contributed by atoms with Crippen LogP contribution in [0.15, 0.2) is 35.5 Å². The van der Waals surface area contributed by atoms with Crippen molar-refractivity contribution < 1.29 is 23.1 Å². The van der Waals surface area contributed by atoms with Gasteiger partial charge in [0.1, 0.15) is 6.04 Å². The number of nitrogens with two attached hydrogens (primary N) is 1. The molecule has 0 aliphatic heterocycles. The first-order valence-electron chi connectivity index (χ1n) is 18.5. The van der Waals surface area contributed by atoms with E-state index in [1.54, 1.807) is 0 Å². The van der Waals surface area contributed by atoms with Crippen LogP contribution < -0.4 is 11.1 Å². The number of carbonyl (C=O) groups is 1. The maximum absolute atomic E-state index is 14.2. The van der Waals surface area contributed by atoms with Gasteiger partial charge in [0.15, 0.2) is 0 Å². The highest BCUT2D eigenvalue weighted by atomic mass is 19.4. The van der Waals surface area contributed by atoms with Crippen molar-refractivity contribution in [1.29, 1.82) is 0 Å². The highest BCUT2D eigenvalue weighted by Gasteiger charge is 2.71. The third-order valence-corrected chi connectivity index (χ3v) is 16.3. The summed E-state index contributed by atoms with van der Waals surface area (Å²) in [4.78, 5) is 11.9. The van der Waals surface area contributed by atoms with Gasteiger partial charge in [0.25, 0.3) is 0 Å². The number of fused-ring (bicyclic) bond motifs is 7. The van der Waals surface area contributed by atoms with E-state index in [1.807, 2.05) is 6.92 Å². The van der Waals surface area contributed by atoms with E-state index < -0.39 is 35.7 Å². The number of carboxylic acids is 1. The van der Waals surface area contributed by atoms with E-state index in [4.69, 9.17) is 5.73 Å². The third kappa shape index (κ3) is 5.00. The van der Waals surface area contributed by atoms with Crippen molar-refractivity contribution in [2.75, 3.05) is 6.54 Å². The average Bonchev–Trinajstić information content (AvgIpc) is 3.36. The van der Waals surface area contributed by atoms with Gasteiger partial charge in [-0.2, -0.15) is 13.2 Å². The van der Waals surface area contributed by atoms with Gasteiger partial charge in [-0.3, -0.25) is 10.1 Å². The van der Waals surface area contributed by atoms with Gasteiger partial charge in [0.2, 0.25) is 0 Å². The molecule has 0 radical (unpaired) electrons.